The first-order chi connectivity index (χ1) is 17.9. The fraction of sp³-hybridized carbons (Fsp3) is 0.103. The Hall–Kier alpha value is -4.25. The number of rotatable bonds is 5. The van der Waals surface area contributed by atoms with Crippen LogP contribution >= 0.6 is 23.8 Å². The Balaban J connectivity index is 1.62. The van der Waals surface area contributed by atoms with Crippen molar-refractivity contribution in [2.45, 2.75) is 13.5 Å². The Bertz CT molecular complexity index is 1630. The van der Waals surface area contributed by atoms with Crippen molar-refractivity contribution in [2.75, 3.05) is 11.4 Å². The first-order valence-electron chi connectivity index (χ1n) is 11.7. The third-order valence-corrected chi connectivity index (χ3v) is 6.98. The number of hydrogen-bond donors (Lipinski definition) is 0. The Morgan fingerprint density at radius 3 is 2.41 bits per heavy atom. The summed E-state index contributed by atoms with van der Waals surface area (Å²) in [5.74, 6) is -0.928. The number of anilines is 1. The van der Waals surface area contributed by atoms with Gasteiger partial charge in [0, 0.05) is 40.8 Å². The largest absolute Gasteiger partial charge is 0.342 e. The van der Waals surface area contributed by atoms with Crippen molar-refractivity contribution in [3.8, 4) is 6.07 Å². The van der Waals surface area contributed by atoms with Crippen LogP contribution in [0, 0.1) is 11.3 Å². The number of likely N-dealkylation sites (N-methyl/N-ethyl adjacent to an activating group) is 1. The Morgan fingerprint density at radius 2 is 1.68 bits per heavy atom. The highest BCUT2D eigenvalue weighted by Gasteiger charge is 2.39. The van der Waals surface area contributed by atoms with Crippen molar-refractivity contribution >= 4 is 63.4 Å². The highest BCUT2D eigenvalue weighted by Crippen LogP contribution is 2.30. The van der Waals surface area contributed by atoms with Crippen LogP contribution in [-0.2, 0) is 16.1 Å². The SMILES string of the molecule is CCN1C(=O)/C(=C/c2cn(Cc3ccccc3C#N)c3ccccc23)C(=O)N(c2ccc(Cl)cc2)C1=S. The standard InChI is InChI=1S/C29H21ClN4O2S/c1-2-33-27(35)25(28(36)34(29(33)37)23-13-11-22(30)12-14-23)15-21-18-32(26-10-6-5-9-24(21)26)17-20-8-4-3-7-19(20)16-31/h3-15,18H,2,17H2,1H3/b25-15-. The Kier molecular flexibility index (Phi) is 6.62. The minimum atomic E-state index is -0.492. The molecule has 1 aliphatic rings. The summed E-state index contributed by atoms with van der Waals surface area (Å²) in [6.45, 7) is 2.60. The van der Waals surface area contributed by atoms with Crippen LogP contribution in [-0.4, -0.2) is 32.9 Å². The van der Waals surface area contributed by atoms with Crippen LogP contribution in [0.5, 0.6) is 0 Å². The first-order valence-corrected chi connectivity index (χ1v) is 12.4. The number of nitrogens with zero attached hydrogens (tertiary/aromatic N) is 4. The summed E-state index contributed by atoms with van der Waals surface area (Å²) < 4.78 is 2.02. The fourth-order valence-electron chi connectivity index (χ4n) is 4.50. The van der Waals surface area contributed by atoms with E-state index in [4.69, 9.17) is 23.8 Å². The van der Waals surface area contributed by atoms with Gasteiger partial charge in [0.2, 0.25) is 0 Å². The molecule has 1 saturated heterocycles. The van der Waals surface area contributed by atoms with Crippen LogP contribution in [0.2, 0.25) is 5.02 Å². The summed E-state index contributed by atoms with van der Waals surface area (Å²) >= 11 is 11.6. The van der Waals surface area contributed by atoms with Crippen LogP contribution in [0.1, 0.15) is 23.6 Å². The number of halogens is 1. The highest BCUT2D eigenvalue weighted by atomic mass is 35.5. The van der Waals surface area contributed by atoms with Gasteiger partial charge in [-0.3, -0.25) is 19.4 Å². The average Bonchev–Trinajstić information content (AvgIpc) is 3.25. The summed E-state index contributed by atoms with van der Waals surface area (Å²) in [6.07, 6.45) is 3.54. The van der Waals surface area contributed by atoms with Gasteiger partial charge in [-0.25, -0.2) is 0 Å². The van der Waals surface area contributed by atoms with Gasteiger partial charge in [0.05, 0.1) is 17.3 Å². The van der Waals surface area contributed by atoms with Gasteiger partial charge in [0.1, 0.15) is 5.57 Å². The number of carbonyl (C=O) groups is 2. The number of nitriles is 1. The van der Waals surface area contributed by atoms with Crippen molar-refractivity contribution in [3.63, 3.8) is 0 Å². The number of thiocarbonyl (C=S) groups is 1. The second-order valence-electron chi connectivity index (χ2n) is 8.51. The number of benzene rings is 3. The minimum absolute atomic E-state index is 0.0192. The van der Waals surface area contributed by atoms with E-state index in [1.165, 1.54) is 9.80 Å². The lowest BCUT2D eigenvalue weighted by Crippen LogP contribution is -2.56. The van der Waals surface area contributed by atoms with Gasteiger partial charge >= 0.3 is 0 Å². The predicted octanol–water partition coefficient (Wildman–Crippen LogP) is 5.78. The third kappa shape index (κ3) is 4.42. The Labute approximate surface area is 224 Å². The van der Waals surface area contributed by atoms with Crippen molar-refractivity contribution in [1.82, 2.24) is 9.47 Å². The molecule has 0 aliphatic carbocycles. The molecule has 0 bridgehead atoms. The highest BCUT2D eigenvalue weighted by molar-refractivity contribution is 7.80. The van der Waals surface area contributed by atoms with Gasteiger partial charge in [-0.2, -0.15) is 5.26 Å². The molecular formula is C29H21ClN4O2S. The fourth-order valence-corrected chi connectivity index (χ4v) is 5.03. The van der Waals surface area contributed by atoms with Crippen LogP contribution in [0.4, 0.5) is 5.69 Å². The van der Waals surface area contributed by atoms with Crippen molar-refractivity contribution in [2.24, 2.45) is 0 Å². The van der Waals surface area contributed by atoms with E-state index in [1.54, 1.807) is 36.4 Å². The van der Waals surface area contributed by atoms with E-state index in [-0.39, 0.29) is 10.7 Å². The number of fused-ring (bicyclic) bond motifs is 1. The van der Waals surface area contributed by atoms with Gasteiger partial charge in [-0.1, -0.05) is 48.0 Å². The van der Waals surface area contributed by atoms with Gasteiger partial charge in [0.25, 0.3) is 11.8 Å². The maximum Gasteiger partial charge on any atom is 0.270 e. The molecule has 1 aliphatic heterocycles. The van der Waals surface area contributed by atoms with E-state index < -0.39 is 11.8 Å². The number of carbonyl (C=O) groups excluding carboxylic acids is 2. The maximum absolute atomic E-state index is 13.7. The molecule has 6 nitrogen and oxygen atoms in total. The maximum atomic E-state index is 13.7. The zero-order chi connectivity index (χ0) is 26.1. The zero-order valence-corrected chi connectivity index (χ0v) is 21.5. The molecule has 182 valence electrons. The van der Waals surface area contributed by atoms with Crippen LogP contribution < -0.4 is 4.90 Å². The molecule has 0 atom stereocenters. The molecule has 0 unspecified atom stereocenters. The zero-order valence-electron chi connectivity index (χ0n) is 19.9. The van der Waals surface area contributed by atoms with Gasteiger partial charge in [-0.15, -0.1) is 0 Å². The van der Waals surface area contributed by atoms with Crippen LogP contribution in [0.3, 0.4) is 0 Å². The van der Waals surface area contributed by atoms with Gasteiger partial charge in [-0.05, 0) is 67.2 Å². The molecule has 8 heteroatoms. The topological polar surface area (TPSA) is 69.3 Å². The lowest BCUT2D eigenvalue weighted by Gasteiger charge is -2.36. The predicted molar refractivity (Wildman–Crippen MR) is 149 cm³/mol. The third-order valence-electron chi connectivity index (χ3n) is 6.33. The average molecular weight is 525 g/mol. The van der Waals surface area contributed by atoms with E-state index >= 15 is 0 Å². The van der Waals surface area contributed by atoms with E-state index in [2.05, 4.69) is 6.07 Å². The summed E-state index contributed by atoms with van der Waals surface area (Å²) in [4.78, 5) is 29.8. The normalized spacial score (nSPS) is 15.1. The summed E-state index contributed by atoms with van der Waals surface area (Å²) in [6, 6.07) is 24.2. The molecule has 5 rings (SSSR count). The number of para-hydroxylation sites is 1. The molecule has 0 spiro atoms. The molecule has 1 aromatic heterocycles. The van der Waals surface area contributed by atoms with Crippen molar-refractivity contribution < 1.29 is 9.59 Å². The molecule has 1 fully saturated rings. The molecule has 2 amide bonds. The molecule has 3 aromatic carbocycles. The number of amides is 2. The minimum Gasteiger partial charge on any atom is -0.342 e. The van der Waals surface area contributed by atoms with Gasteiger partial charge in [0.15, 0.2) is 5.11 Å². The lowest BCUT2D eigenvalue weighted by molar-refractivity contribution is -0.127. The Morgan fingerprint density at radius 1 is 0.973 bits per heavy atom. The second-order valence-corrected chi connectivity index (χ2v) is 9.31. The van der Waals surface area contributed by atoms with E-state index in [0.29, 0.717) is 29.4 Å². The number of aromatic nitrogens is 1. The lowest BCUT2D eigenvalue weighted by atomic mass is 10.1. The second kappa shape index (κ2) is 10.0. The monoisotopic (exact) mass is 524 g/mol. The molecule has 0 saturated carbocycles. The molecule has 37 heavy (non-hydrogen) atoms. The quantitative estimate of drug-likeness (QED) is 0.188. The molecule has 4 aromatic rings. The molecule has 0 radical (unpaired) electrons. The molecule has 2 heterocycles. The molecule has 0 N–H and O–H groups in total. The summed E-state index contributed by atoms with van der Waals surface area (Å²) in [5.41, 5.74) is 3.68. The van der Waals surface area contributed by atoms with E-state index in [9.17, 15) is 14.9 Å². The first kappa shape index (κ1) is 24.4. The van der Waals surface area contributed by atoms with Crippen LogP contribution in [0.25, 0.3) is 17.0 Å². The van der Waals surface area contributed by atoms with Gasteiger partial charge < -0.3 is 4.57 Å². The van der Waals surface area contributed by atoms with Crippen molar-refractivity contribution in [3.05, 3.63) is 106 Å². The molecular weight excluding hydrogens is 504 g/mol. The number of hydrogen-bond acceptors (Lipinski definition) is 4. The van der Waals surface area contributed by atoms with Crippen LogP contribution in [0.15, 0.2) is 84.6 Å². The smallest absolute Gasteiger partial charge is 0.270 e. The summed E-state index contributed by atoms with van der Waals surface area (Å²) in [5, 5.41) is 11.1. The van der Waals surface area contributed by atoms with Crippen molar-refractivity contribution in [1.29, 1.82) is 5.26 Å². The van der Waals surface area contributed by atoms with E-state index in [0.717, 1.165) is 22.0 Å². The van der Waals surface area contributed by atoms with E-state index in [1.807, 2.05) is 60.2 Å². The summed E-state index contributed by atoms with van der Waals surface area (Å²) in [7, 11) is 0.